The van der Waals surface area contributed by atoms with Crippen LogP contribution in [0.5, 0.6) is 0 Å². The minimum absolute atomic E-state index is 0.0703. The van der Waals surface area contributed by atoms with E-state index in [1.54, 1.807) is 12.1 Å². The monoisotopic (exact) mass is 251 g/mol. The van der Waals surface area contributed by atoms with E-state index in [4.69, 9.17) is 10.5 Å². The fourth-order valence-electron chi connectivity index (χ4n) is 2.17. The van der Waals surface area contributed by atoms with Crippen molar-refractivity contribution in [2.75, 3.05) is 24.2 Å². The molecule has 1 heterocycles. The van der Waals surface area contributed by atoms with Gasteiger partial charge in [0.15, 0.2) is 0 Å². The van der Waals surface area contributed by atoms with Crippen LogP contribution in [-0.2, 0) is 4.74 Å². The van der Waals surface area contributed by atoms with Gasteiger partial charge in [-0.15, -0.1) is 0 Å². The zero-order valence-corrected chi connectivity index (χ0v) is 10.3. The molecule has 18 heavy (non-hydrogen) atoms. The molecule has 6 nitrogen and oxygen atoms in total. The molecule has 3 N–H and O–H groups in total. The normalized spacial score (nSPS) is 22.9. The Morgan fingerprint density at radius 2 is 2.39 bits per heavy atom. The molecule has 0 saturated carbocycles. The van der Waals surface area contributed by atoms with E-state index in [1.807, 2.05) is 6.92 Å². The minimum atomic E-state index is -0.463. The summed E-state index contributed by atoms with van der Waals surface area (Å²) in [6.45, 7) is 3.29. The molecule has 98 valence electrons. The van der Waals surface area contributed by atoms with Gasteiger partial charge in [-0.3, -0.25) is 10.1 Å². The summed E-state index contributed by atoms with van der Waals surface area (Å²) in [5.41, 5.74) is 5.91. The summed E-state index contributed by atoms with van der Waals surface area (Å²) in [6.07, 6.45) is 1.98. The summed E-state index contributed by atoms with van der Waals surface area (Å²) >= 11 is 0. The van der Waals surface area contributed by atoms with Crippen LogP contribution in [0.4, 0.5) is 17.1 Å². The highest BCUT2D eigenvalue weighted by atomic mass is 16.6. The summed E-state index contributed by atoms with van der Waals surface area (Å²) in [6, 6.07) is 4.88. The molecule has 1 aliphatic rings. The Morgan fingerprint density at radius 3 is 3.00 bits per heavy atom. The van der Waals surface area contributed by atoms with Crippen LogP contribution in [0.3, 0.4) is 0 Å². The van der Waals surface area contributed by atoms with Crippen LogP contribution in [0.25, 0.3) is 0 Å². The van der Waals surface area contributed by atoms with E-state index in [0.29, 0.717) is 12.2 Å². The quantitative estimate of drug-likeness (QED) is 0.486. The highest BCUT2D eigenvalue weighted by Gasteiger charge is 2.30. The van der Waals surface area contributed by atoms with E-state index in [9.17, 15) is 10.1 Å². The topological polar surface area (TPSA) is 90.4 Å². The molecular weight excluding hydrogens is 234 g/mol. The zero-order valence-electron chi connectivity index (χ0n) is 10.3. The third-order valence-corrected chi connectivity index (χ3v) is 3.20. The lowest BCUT2D eigenvalue weighted by molar-refractivity contribution is -0.383. The van der Waals surface area contributed by atoms with E-state index in [2.05, 4.69) is 5.32 Å². The average Bonchev–Trinajstić information content (AvgIpc) is 2.73. The number of hydrogen-bond donors (Lipinski definition) is 2. The molecule has 1 saturated heterocycles. The SMILES string of the molecule is CC1(CNc2cccc(N)c2[N+](=O)[O-])CCCO1. The minimum Gasteiger partial charge on any atom is -0.393 e. The lowest BCUT2D eigenvalue weighted by Gasteiger charge is -2.24. The van der Waals surface area contributed by atoms with Gasteiger partial charge in [-0.25, -0.2) is 0 Å². The second-order valence-corrected chi connectivity index (χ2v) is 4.76. The number of nitrogen functional groups attached to an aromatic ring is 1. The maximum atomic E-state index is 11.0. The van der Waals surface area contributed by atoms with Crippen LogP contribution in [-0.4, -0.2) is 23.7 Å². The number of anilines is 2. The van der Waals surface area contributed by atoms with Gasteiger partial charge < -0.3 is 15.8 Å². The van der Waals surface area contributed by atoms with Crippen molar-refractivity contribution in [2.45, 2.75) is 25.4 Å². The maximum absolute atomic E-state index is 11.0. The predicted molar refractivity (Wildman–Crippen MR) is 69.6 cm³/mol. The Kier molecular flexibility index (Phi) is 3.38. The fraction of sp³-hybridized carbons (Fsp3) is 0.500. The average molecular weight is 251 g/mol. The summed E-state index contributed by atoms with van der Waals surface area (Å²) in [5.74, 6) is 0. The largest absolute Gasteiger partial charge is 0.393 e. The number of para-hydroxylation sites is 1. The Hall–Kier alpha value is -1.82. The van der Waals surface area contributed by atoms with E-state index < -0.39 is 4.92 Å². The van der Waals surface area contributed by atoms with Crippen molar-refractivity contribution < 1.29 is 9.66 Å². The number of nitrogens with one attached hydrogen (secondary N) is 1. The van der Waals surface area contributed by atoms with Crippen molar-refractivity contribution in [2.24, 2.45) is 0 Å². The second kappa shape index (κ2) is 4.81. The Labute approximate surface area is 105 Å². The van der Waals surface area contributed by atoms with Crippen molar-refractivity contribution in [1.29, 1.82) is 0 Å². The first-order valence-corrected chi connectivity index (χ1v) is 5.92. The molecule has 0 aromatic heterocycles. The van der Waals surface area contributed by atoms with Crippen molar-refractivity contribution >= 4 is 17.1 Å². The Balaban J connectivity index is 2.14. The molecule has 2 rings (SSSR count). The standard InChI is InChI=1S/C12H17N3O3/c1-12(6-3-7-18-12)8-14-10-5-2-4-9(13)11(10)15(16)17/h2,4-5,14H,3,6-8,13H2,1H3. The van der Waals surface area contributed by atoms with Gasteiger partial charge in [0, 0.05) is 13.2 Å². The maximum Gasteiger partial charge on any atom is 0.314 e. The number of nitro benzene ring substituents is 1. The smallest absolute Gasteiger partial charge is 0.314 e. The van der Waals surface area contributed by atoms with Gasteiger partial charge in [0.1, 0.15) is 11.4 Å². The predicted octanol–water partition coefficient (Wildman–Crippen LogP) is 2.16. The molecule has 0 spiro atoms. The molecule has 0 bridgehead atoms. The molecule has 1 aliphatic heterocycles. The van der Waals surface area contributed by atoms with Crippen molar-refractivity contribution in [1.82, 2.24) is 0 Å². The van der Waals surface area contributed by atoms with Crippen LogP contribution in [0.15, 0.2) is 18.2 Å². The van der Waals surface area contributed by atoms with E-state index in [1.165, 1.54) is 6.07 Å². The van der Waals surface area contributed by atoms with Gasteiger partial charge in [-0.2, -0.15) is 0 Å². The number of nitrogens with two attached hydrogens (primary N) is 1. The molecule has 1 aromatic rings. The number of ether oxygens (including phenoxy) is 1. The fourth-order valence-corrected chi connectivity index (χ4v) is 2.17. The first-order chi connectivity index (χ1) is 8.52. The van der Waals surface area contributed by atoms with E-state index >= 15 is 0 Å². The summed E-state index contributed by atoms with van der Waals surface area (Å²) in [7, 11) is 0. The molecule has 0 amide bonds. The van der Waals surface area contributed by atoms with Gasteiger partial charge in [0.05, 0.1) is 10.5 Å². The molecule has 0 aliphatic carbocycles. The molecular formula is C12H17N3O3. The van der Waals surface area contributed by atoms with Crippen molar-refractivity contribution in [3.63, 3.8) is 0 Å². The van der Waals surface area contributed by atoms with E-state index in [-0.39, 0.29) is 17.0 Å². The lowest BCUT2D eigenvalue weighted by atomic mass is 10.0. The number of nitro groups is 1. The van der Waals surface area contributed by atoms with Gasteiger partial charge >= 0.3 is 5.69 Å². The number of rotatable bonds is 4. The lowest BCUT2D eigenvalue weighted by Crippen LogP contribution is -2.32. The van der Waals surface area contributed by atoms with Gasteiger partial charge in [0.2, 0.25) is 0 Å². The molecule has 1 fully saturated rings. The first-order valence-electron chi connectivity index (χ1n) is 5.92. The van der Waals surface area contributed by atoms with Crippen LogP contribution < -0.4 is 11.1 Å². The first kappa shape index (κ1) is 12.6. The third-order valence-electron chi connectivity index (χ3n) is 3.20. The van der Waals surface area contributed by atoms with E-state index in [0.717, 1.165) is 19.4 Å². The van der Waals surface area contributed by atoms with Crippen LogP contribution in [0.2, 0.25) is 0 Å². The summed E-state index contributed by atoms with van der Waals surface area (Å²) in [4.78, 5) is 10.5. The number of benzene rings is 1. The zero-order chi connectivity index (χ0) is 13.2. The van der Waals surface area contributed by atoms with Crippen molar-refractivity contribution in [3.05, 3.63) is 28.3 Å². The highest BCUT2D eigenvalue weighted by molar-refractivity contribution is 5.74. The van der Waals surface area contributed by atoms with Crippen LogP contribution >= 0.6 is 0 Å². The molecule has 6 heteroatoms. The second-order valence-electron chi connectivity index (χ2n) is 4.76. The molecule has 1 aromatic carbocycles. The van der Waals surface area contributed by atoms with Gasteiger partial charge in [-0.1, -0.05) is 6.07 Å². The summed E-state index contributed by atoms with van der Waals surface area (Å²) in [5, 5.41) is 14.0. The third kappa shape index (κ3) is 2.53. The van der Waals surface area contributed by atoms with Gasteiger partial charge in [-0.05, 0) is 31.9 Å². The number of hydrogen-bond acceptors (Lipinski definition) is 5. The van der Waals surface area contributed by atoms with Crippen LogP contribution in [0, 0.1) is 10.1 Å². The molecule has 0 radical (unpaired) electrons. The van der Waals surface area contributed by atoms with Crippen molar-refractivity contribution in [3.8, 4) is 0 Å². The molecule has 1 atom stereocenters. The Bertz CT molecular complexity index is 456. The summed E-state index contributed by atoms with van der Waals surface area (Å²) < 4.78 is 5.63. The highest BCUT2D eigenvalue weighted by Crippen LogP contribution is 2.32. The van der Waals surface area contributed by atoms with Crippen LogP contribution in [0.1, 0.15) is 19.8 Å². The molecule has 1 unspecified atom stereocenters. The number of nitrogens with zero attached hydrogens (tertiary/aromatic N) is 1. The van der Waals surface area contributed by atoms with Gasteiger partial charge in [0.25, 0.3) is 0 Å². The Morgan fingerprint density at radius 1 is 1.61 bits per heavy atom.